The molecule has 3 heterocycles. The zero-order valence-corrected chi connectivity index (χ0v) is 13.4. The third-order valence-electron chi connectivity index (χ3n) is 4.17. The molecule has 118 valence electrons. The van der Waals surface area contributed by atoms with E-state index in [0.717, 1.165) is 36.5 Å². The molecule has 0 aliphatic carbocycles. The van der Waals surface area contributed by atoms with Gasteiger partial charge in [-0.1, -0.05) is 6.07 Å². The maximum atomic E-state index is 12.4. The van der Waals surface area contributed by atoms with Crippen molar-refractivity contribution in [2.45, 2.75) is 26.2 Å². The molecule has 6 heteroatoms. The van der Waals surface area contributed by atoms with E-state index in [-0.39, 0.29) is 18.9 Å². The van der Waals surface area contributed by atoms with Crippen molar-refractivity contribution in [3.05, 3.63) is 29.0 Å². The van der Waals surface area contributed by atoms with Gasteiger partial charge in [-0.25, -0.2) is 4.98 Å². The van der Waals surface area contributed by atoms with Gasteiger partial charge in [-0.15, -0.1) is 11.3 Å². The normalized spacial score (nSPS) is 16.2. The van der Waals surface area contributed by atoms with E-state index < -0.39 is 0 Å². The summed E-state index contributed by atoms with van der Waals surface area (Å²) < 4.78 is 5.68. The predicted octanol–water partition coefficient (Wildman–Crippen LogP) is 2.48. The number of likely N-dealkylation sites (tertiary alicyclic amines) is 1. The second kappa shape index (κ2) is 6.62. The van der Waals surface area contributed by atoms with Gasteiger partial charge < -0.3 is 14.4 Å². The summed E-state index contributed by atoms with van der Waals surface area (Å²) in [5.41, 5.74) is 0.720. The van der Waals surface area contributed by atoms with Crippen molar-refractivity contribution < 1.29 is 14.3 Å². The number of carbonyl (C=O) groups excluding carboxylic acids is 1. The maximum Gasteiger partial charge on any atom is 0.236 e. The van der Waals surface area contributed by atoms with Crippen LogP contribution in [0.2, 0.25) is 0 Å². The zero-order chi connectivity index (χ0) is 15.5. The number of oxazole rings is 1. The Hall–Kier alpha value is -1.66. The molecule has 1 fully saturated rings. The lowest BCUT2D eigenvalue weighted by Crippen LogP contribution is -2.40. The summed E-state index contributed by atoms with van der Waals surface area (Å²) in [7, 11) is 0. The van der Waals surface area contributed by atoms with Crippen LogP contribution in [0.3, 0.4) is 0 Å². The Morgan fingerprint density at radius 3 is 2.91 bits per heavy atom. The molecule has 1 N–H and O–H groups in total. The molecule has 0 aromatic carbocycles. The zero-order valence-electron chi connectivity index (χ0n) is 12.6. The molecule has 0 radical (unpaired) electrons. The van der Waals surface area contributed by atoms with E-state index >= 15 is 0 Å². The molecular formula is C16H20N2O3S. The number of rotatable bonds is 4. The van der Waals surface area contributed by atoms with Gasteiger partial charge in [0.1, 0.15) is 5.76 Å². The van der Waals surface area contributed by atoms with Crippen LogP contribution in [0, 0.1) is 12.8 Å². The predicted molar refractivity (Wildman–Crippen MR) is 84.6 cm³/mol. The molecule has 0 spiro atoms. The van der Waals surface area contributed by atoms with E-state index in [9.17, 15) is 4.79 Å². The first-order valence-electron chi connectivity index (χ1n) is 7.56. The minimum absolute atomic E-state index is 0.0884. The van der Waals surface area contributed by atoms with Crippen LogP contribution < -0.4 is 0 Å². The van der Waals surface area contributed by atoms with E-state index in [2.05, 4.69) is 4.98 Å². The number of carbonyl (C=O) groups is 1. The fourth-order valence-electron chi connectivity index (χ4n) is 2.72. The third kappa shape index (κ3) is 3.23. The van der Waals surface area contributed by atoms with E-state index in [0.29, 0.717) is 17.6 Å². The highest BCUT2D eigenvalue weighted by molar-refractivity contribution is 7.13. The SMILES string of the molecule is Cc1oc(-c2cccs2)nc1CC(=O)N1CCC(CO)CC1. The minimum Gasteiger partial charge on any atom is -0.440 e. The number of aliphatic hydroxyl groups excluding tert-OH is 1. The Morgan fingerprint density at radius 1 is 1.50 bits per heavy atom. The number of hydrogen-bond acceptors (Lipinski definition) is 5. The molecule has 2 aromatic heterocycles. The van der Waals surface area contributed by atoms with Gasteiger partial charge in [0.05, 0.1) is 17.0 Å². The van der Waals surface area contributed by atoms with Gasteiger partial charge in [-0.05, 0) is 37.1 Å². The molecule has 0 saturated carbocycles. The van der Waals surface area contributed by atoms with Crippen LogP contribution in [0.4, 0.5) is 0 Å². The molecular weight excluding hydrogens is 300 g/mol. The topological polar surface area (TPSA) is 66.6 Å². The Labute approximate surface area is 133 Å². The van der Waals surface area contributed by atoms with Gasteiger partial charge in [0.2, 0.25) is 11.8 Å². The Balaban J connectivity index is 1.65. The summed E-state index contributed by atoms with van der Waals surface area (Å²) in [6.07, 6.45) is 2.03. The number of hydrogen-bond donors (Lipinski definition) is 1. The second-order valence-corrected chi connectivity index (χ2v) is 6.63. The average Bonchev–Trinajstić information content (AvgIpc) is 3.18. The van der Waals surface area contributed by atoms with Crippen molar-refractivity contribution in [3.63, 3.8) is 0 Å². The first kappa shape index (κ1) is 15.2. The molecule has 3 rings (SSSR count). The summed E-state index contributed by atoms with van der Waals surface area (Å²) >= 11 is 1.57. The minimum atomic E-state index is 0.0884. The number of aromatic nitrogens is 1. The quantitative estimate of drug-likeness (QED) is 0.940. The summed E-state index contributed by atoms with van der Waals surface area (Å²) in [6.45, 7) is 3.51. The van der Waals surface area contributed by atoms with Crippen LogP contribution in [0.15, 0.2) is 21.9 Å². The summed E-state index contributed by atoms with van der Waals surface area (Å²) in [4.78, 5) is 19.7. The van der Waals surface area contributed by atoms with Crippen LogP contribution in [0.25, 0.3) is 10.8 Å². The lowest BCUT2D eigenvalue weighted by atomic mass is 9.97. The van der Waals surface area contributed by atoms with Gasteiger partial charge in [-0.2, -0.15) is 0 Å². The number of amides is 1. The molecule has 0 bridgehead atoms. The van der Waals surface area contributed by atoms with Crippen molar-refractivity contribution in [2.75, 3.05) is 19.7 Å². The molecule has 1 amide bonds. The van der Waals surface area contributed by atoms with Crippen molar-refractivity contribution in [2.24, 2.45) is 5.92 Å². The lowest BCUT2D eigenvalue weighted by molar-refractivity contribution is -0.132. The van der Waals surface area contributed by atoms with Crippen molar-refractivity contribution in [1.29, 1.82) is 0 Å². The average molecular weight is 320 g/mol. The molecule has 1 aliphatic rings. The van der Waals surface area contributed by atoms with Crippen molar-refractivity contribution >= 4 is 17.2 Å². The van der Waals surface area contributed by atoms with Crippen molar-refractivity contribution in [1.82, 2.24) is 9.88 Å². The number of aliphatic hydroxyl groups is 1. The first-order chi connectivity index (χ1) is 10.7. The molecule has 1 saturated heterocycles. The maximum absolute atomic E-state index is 12.4. The Morgan fingerprint density at radius 2 is 2.27 bits per heavy atom. The standard InChI is InChI=1S/C16H20N2O3S/c1-11-13(17-16(21-11)14-3-2-8-22-14)9-15(20)18-6-4-12(10-19)5-7-18/h2-3,8,12,19H,4-7,9-10H2,1H3. The number of aryl methyl sites for hydroxylation is 1. The summed E-state index contributed by atoms with van der Waals surface area (Å²) in [5.74, 6) is 1.73. The number of nitrogens with zero attached hydrogens (tertiary/aromatic N) is 2. The van der Waals surface area contributed by atoms with E-state index in [1.165, 1.54) is 0 Å². The highest BCUT2D eigenvalue weighted by atomic mass is 32.1. The Bertz CT molecular complexity index is 628. The second-order valence-electron chi connectivity index (χ2n) is 5.68. The van der Waals surface area contributed by atoms with E-state index in [1.807, 2.05) is 29.3 Å². The lowest BCUT2D eigenvalue weighted by Gasteiger charge is -2.31. The van der Waals surface area contributed by atoms with Crippen LogP contribution in [-0.4, -0.2) is 40.6 Å². The number of piperidine rings is 1. The highest BCUT2D eigenvalue weighted by Gasteiger charge is 2.24. The van der Waals surface area contributed by atoms with E-state index in [4.69, 9.17) is 9.52 Å². The van der Waals surface area contributed by atoms with E-state index in [1.54, 1.807) is 11.3 Å². The van der Waals surface area contributed by atoms with Gasteiger partial charge in [-0.3, -0.25) is 4.79 Å². The van der Waals surface area contributed by atoms with Crippen LogP contribution in [0.5, 0.6) is 0 Å². The Kier molecular flexibility index (Phi) is 4.59. The molecule has 0 atom stereocenters. The first-order valence-corrected chi connectivity index (χ1v) is 8.44. The van der Waals surface area contributed by atoms with Crippen LogP contribution >= 0.6 is 11.3 Å². The summed E-state index contributed by atoms with van der Waals surface area (Å²) in [5, 5.41) is 11.1. The largest absolute Gasteiger partial charge is 0.440 e. The molecule has 1 aliphatic heterocycles. The third-order valence-corrected chi connectivity index (χ3v) is 5.03. The smallest absolute Gasteiger partial charge is 0.236 e. The van der Waals surface area contributed by atoms with Gasteiger partial charge in [0, 0.05) is 19.7 Å². The highest BCUT2D eigenvalue weighted by Crippen LogP contribution is 2.26. The molecule has 0 unspecified atom stereocenters. The molecule has 2 aromatic rings. The van der Waals surface area contributed by atoms with Gasteiger partial charge in [0.25, 0.3) is 0 Å². The fourth-order valence-corrected chi connectivity index (χ4v) is 3.37. The van der Waals surface area contributed by atoms with Crippen molar-refractivity contribution in [3.8, 4) is 10.8 Å². The fraction of sp³-hybridized carbons (Fsp3) is 0.500. The van der Waals surface area contributed by atoms with Gasteiger partial charge >= 0.3 is 0 Å². The number of thiophene rings is 1. The molecule has 22 heavy (non-hydrogen) atoms. The summed E-state index contributed by atoms with van der Waals surface area (Å²) in [6, 6.07) is 3.91. The van der Waals surface area contributed by atoms with Crippen LogP contribution in [-0.2, 0) is 11.2 Å². The van der Waals surface area contributed by atoms with Crippen LogP contribution in [0.1, 0.15) is 24.3 Å². The van der Waals surface area contributed by atoms with Gasteiger partial charge in [0.15, 0.2) is 0 Å². The monoisotopic (exact) mass is 320 g/mol. The molecule has 5 nitrogen and oxygen atoms in total.